The number of likely N-dealkylation sites (tertiary alicyclic amines) is 1. The standard InChI is InChI=1S/C17H18N2O2S/c1-16-7-8-17(21-16)11-19(10-13(17)9-16)15(22)18-14(20)12-5-3-2-4-6-12/h2-8,13H,9-11H2,1H3,(H,18,20,22). The number of nitrogens with zero attached hydrogens (tertiary/aromatic N) is 1. The minimum absolute atomic E-state index is 0.105. The van der Waals surface area contributed by atoms with Gasteiger partial charge in [-0.2, -0.15) is 0 Å². The Kier molecular flexibility index (Phi) is 2.93. The number of nitrogens with one attached hydrogen (secondary N) is 1. The minimum Gasteiger partial charge on any atom is -0.358 e. The molecule has 3 unspecified atom stereocenters. The molecule has 2 saturated heterocycles. The summed E-state index contributed by atoms with van der Waals surface area (Å²) < 4.78 is 6.22. The summed E-state index contributed by atoms with van der Waals surface area (Å²) in [7, 11) is 0. The van der Waals surface area contributed by atoms with Gasteiger partial charge in [-0.3, -0.25) is 10.1 Å². The molecule has 1 spiro atoms. The van der Waals surface area contributed by atoms with Crippen LogP contribution in [0.5, 0.6) is 0 Å². The molecule has 4 nitrogen and oxygen atoms in total. The van der Waals surface area contributed by atoms with E-state index in [9.17, 15) is 4.79 Å². The fourth-order valence-corrected chi connectivity index (χ4v) is 4.10. The van der Waals surface area contributed by atoms with E-state index in [1.165, 1.54) is 0 Å². The Bertz CT molecular complexity index is 674. The Hall–Kier alpha value is -1.72. The van der Waals surface area contributed by atoms with Gasteiger partial charge in [-0.1, -0.05) is 30.4 Å². The van der Waals surface area contributed by atoms with Gasteiger partial charge in [0, 0.05) is 18.0 Å². The van der Waals surface area contributed by atoms with Crippen LogP contribution >= 0.6 is 12.2 Å². The molecule has 0 saturated carbocycles. The average molecular weight is 314 g/mol. The third-order valence-electron chi connectivity index (χ3n) is 4.91. The highest BCUT2D eigenvalue weighted by Crippen LogP contribution is 2.52. The number of carbonyl (C=O) groups is 1. The Morgan fingerprint density at radius 2 is 2.14 bits per heavy atom. The summed E-state index contributed by atoms with van der Waals surface area (Å²) in [6, 6.07) is 9.13. The van der Waals surface area contributed by atoms with Crippen LogP contribution in [0.15, 0.2) is 42.5 Å². The van der Waals surface area contributed by atoms with Gasteiger partial charge < -0.3 is 9.64 Å². The van der Waals surface area contributed by atoms with Gasteiger partial charge in [0.1, 0.15) is 5.60 Å². The zero-order valence-corrected chi connectivity index (χ0v) is 13.2. The fourth-order valence-electron chi connectivity index (χ4n) is 3.87. The summed E-state index contributed by atoms with van der Waals surface area (Å²) in [5.74, 6) is 0.293. The smallest absolute Gasteiger partial charge is 0.257 e. The van der Waals surface area contributed by atoms with Crippen LogP contribution < -0.4 is 5.32 Å². The van der Waals surface area contributed by atoms with Gasteiger partial charge in [-0.25, -0.2) is 0 Å². The van der Waals surface area contributed by atoms with Crippen LogP contribution in [-0.4, -0.2) is 40.2 Å². The van der Waals surface area contributed by atoms with Crippen LogP contribution in [0.25, 0.3) is 0 Å². The van der Waals surface area contributed by atoms with E-state index in [1.54, 1.807) is 12.1 Å². The first-order valence-corrected chi connectivity index (χ1v) is 7.96. The molecule has 3 aliphatic rings. The molecule has 22 heavy (non-hydrogen) atoms. The lowest BCUT2D eigenvalue weighted by atomic mass is 9.82. The van der Waals surface area contributed by atoms with Crippen molar-refractivity contribution in [2.75, 3.05) is 13.1 Å². The Morgan fingerprint density at radius 1 is 1.36 bits per heavy atom. The van der Waals surface area contributed by atoms with Crippen molar-refractivity contribution in [1.82, 2.24) is 10.2 Å². The van der Waals surface area contributed by atoms with Crippen LogP contribution in [-0.2, 0) is 4.74 Å². The predicted octanol–water partition coefficient (Wildman–Crippen LogP) is 2.12. The van der Waals surface area contributed by atoms with Crippen molar-refractivity contribution >= 4 is 23.2 Å². The molecule has 114 valence electrons. The largest absolute Gasteiger partial charge is 0.358 e. The molecule has 4 rings (SSSR count). The van der Waals surface area contributed by atoms with E-state index in [1.807, 2.05) is 18.2 Å². The molecule has 1 aromatic carbocycles. The molecule has 5 heteroatoms. The normalized spacial score (nSPS) is 34.8. The zero-order valence-electron chi connectivity index (χ0n) is 12.4. The van der Waals surface area contributed by atoms with Gasteiger partial charge in [-0.05, 0) is 37.7 Å². The SMILES string of the molecule is CC12C=CC3(CN(C(=S)NC(=O)c4ccccc4)CC3C1)O2. The first kappa shape index (κ1) is 13.9. The molecule has 3 atom stereocenters. The molecule has 1 aromatic rings. The number of fused-ring (bicyclic) bond motifs is 1. The first-order chi connectivity index (χ1) is 10.5. The molecule has 0 aliphatic carbocycles. The molecule has 2 fully saturated rings. The van der Waals surface area contributed by atoms with Crippen molar-refractivity contribution in [2.45, 2.75) is 24.5 Å². The van der Waals surface area contributed by atoms with E-state index in [0.717, 1.165) is 19.5 Å². The lowest BCUT2D eigenvalue weighted by Crippen LogP contribution is -2.43. The second-order valence-electron chi connectivity index (χ2n) is 6.61. The highest BCUT2D eigenvalue weighted by molar-refractivity contribution is 7.80. The quantitative estimate of drug-likeness (QED) is 0.637. The summed E-state index contributed by atoms with van der Waals surface area (Å²) in [5.41, 5.74) is 0.300. The molecule has 2 bridgehead atoms. The van der Waals surface area contributed by atoms with E-state index >= 15 is 0 Å². The Labute approximate surface area is 135 Å². The monoisotopic (exact) mass is 314 g/mol. The number of ether oxygens (including phenoxy) is 1. The van der Waals surface area contributed by atoms with Crippen molar-refractivity contribution in [2.24, 2.45) is 5.92 Å². The predicted molar refractivity (Wildman–Crippen MR) is 87.5 cm³/mol. The molecule has 1 amide bonds. The van der Waals surface area contributed by atoms with Gasteiger partial charge in [-0.15, -0.1) is 0 Å². The molecular weight excluding hydrogens is 296 g/mol. The van der Waals surface area contributed by atoms with Gasteiger partial charge in [0.25, 0.3) is 5.91 Å². The van der Waals surface area contributed by atoms with Crippen LogP contribution in [0.2, 0.25) is 0 Å². The van der Waals surface area contributed by atoms with Crippen molar-refractivity contribution in [3.63, 3.8) is 0 Å². The van der Waals surface area contributed by atoms with Gasteiger partial charge >= 0.3 is 0 Å². The number of rotatable bonds is 1. The second kappa shape index (κ2) is 4.64. The number of thiocarbonyl (C=S) groups is 1. The fraction of sp³-hybridized carbons (Fsp3) is 0.412. The van der Waals surface area contributed by atoms with Crippen LogP contribution in [0.1, 0.15) is 23.7 Å². The van der Waals surface area contributed by atoms with E-state index < -0.39 is 0 Å². The maximum Gasteiger partial charge on any atom is 0.257 e. The van der Waals surface area contributed by atoms with Crippen molar-refractivity contribution in [1.29, 1.82) is 0 Å². The van der Waals surface area contributed by atoms with Crippen molar-refractivity contribution < 1.29 is 9.53 Å². The summed E-state index contributed by atoms with van der Waals surface area (Å²) in [6.07, 6.45) is 5.37. The Morgan fingerprint density at radius 3 is 2.82 bits per heavy atom. The number of carbonyl (C=O) groups excluding carboxylic acids is 1. The zero-order chi connectivity index (χ0) is 15.4. The number of benzene rings is 1. The third kappa shape index (κ3) is 2.08. The summed E-state index contributed by atoms with van der Waals surface area (Å²) in [5, 5.41) is 3.32. The molecule has 1 N–H and O–H groups in total. The summed E-state index contributed by atoms with van der Waals surface area (Å²) in [6.45, 7) is 3.70. The molecule has 0 radical (unpaired) electrons. The van der Waals surface area contributed by atoms with Crippen LogP contribution in [0.3, 0.4) is 0 Å². The average Bonchev–Trinajstić information content (AvgIpc) is 3.10. The van der Waals surface area contributed by atoms with Crippen molar-refractivity contribution in [3.8, 4) is 0 Å². The Balaban J connectivity index is 1.43. The minimum atomic E-state index is -0.212. The van der Waals surface area contributed by atoms with Gasteiger partial charge in [0.05, 0.1) is 12.1 Å². The summed E-state index contributed by atoms with van der Waals surface area (Å²) >= 11 is 5.42. The number of hydrogen-bond acceptors (Lipinski definition) is 3. The van der Waals surface area contributed by atoms with Crippen molar-refractivity contribution in [3.05, 3.63) is 48.0 Å². The second-order valence-corrected chi connectivity index (χ2v) is 7.00. The van der Waals surface area contributed by atoms with E-state index in [4.69, 9.17) is 17.0 Å². The topological polar surface area (TPSA) is 41.6 Å². The number of hydrogen-bond donors (Lipinski definition) is 1. The first-order valence-electron chi connectivity index (χ1n) is 7.56. The number of amides is 1. The molecule has 0 aromatic heterocycles. The van der Waals surface area contributed by atoms with E-state index in [-0.39, 0.29) is 17.1 Å². The third-order valence-corrected chi connectivity index (χ3v) is 5.27. The highest BCUT2D eigenvalue weighted by atomic mass is 32.1. The highest BCUT2D eigenvalue weighted by Gasteiger charge is 2.60. The lowest BCUT2D eigenvalue weighted by molar-refractivity contribution is -0.0230. The molecule has 3 heterocycles. The molecule has 3 aliphatic heterocycles. The van der Waals surface area contributed by atoms with Crippen LogP contribution in [0.4, 0.5) is 0 Å². The van der Waals surface area contributed by atoms with Gasteiger partial charge in [0.2, 0.25) is 0 Å². The van der Waals surface area contributed by atoms with E-state index in [2.05, 4.69) is 29.3 Å². The maximum absolute atomic E-state index is 12.2. The lowest BCUT2D eigenvalue weighted by Gasteiger charge is -2.25. The summed E-state index contributed by atoms with van der Waals surface area (Å²) in [4.78, 5) is 14.2. The van der Waals surface area contributed by atoms with E-state index in [0.29, 0.717) is 16.6 Å². The molecular formula is C17H18N2O2S. The van der Waals surface area contributed by atoms with Crippen LogP contribution in [0, 0.1) is 5.92 Å². The van der Waals surface area contributed by atoms with Gasteiger partial charge in [0.15, 0.2) is 5.11 Å². The maximum atomic E-state index is 12.2.